The summed E-state index contributed by atoms with van der Waals surface area (Å²) in [6.07, 6.45) is 3.93. The summed E-state index contributed by atoms with van der Waals surface area (Å²) in [4.78, 5) is 10.3. The summed E-state index contributed by atoms with van der Waals surface area (Å²) in [7, 11) is 0. The number of aromatic nitrogens is 2. The number of alkyl halides is 3. The Labute approximate surface area is 190 Å². The maximum Gasteiger partial charge on any atom is 0.417 e. The highest BCUT2D eigenvalue weighted by Gasteiger charge is 2.30. The van der Waals surface area contributed by atoms with Crippen LogP contribution >= 0.6 is 0 Å². The van der Waals surface area contributed by atoms with Crippen molar-refractivity contribution in [3.63, 3.8) is 0 Å². The van der Waals surface area contributed by atoms with Crippen LogP contribution in [0.4, 0.5) is 18.9 Å². The normalized spacial score (nSPS) is 14.2. The van der Waals surface area contributed by atoms with Gasteiger partial charge in [-0.25, -0.2) is 4.98 Å². The zero-order valence-electron chi connectivity index (χ0n) is 18.2. The molecule has 0 atom stereocenters. The van der Waals surface area contributed by atoms with Crippen LogP contribution in [0.3, 0.4) is 0 Å². The van der Waals surface area contributed by atoms with Gasteiger partial charge < -0.3 is 14.4 Å². The molecule has 0 radical (unpaired) electrons. The summed E-state index contributed by atoms with van der Waals surface area (Å²) in [6.45, 7) is 4.18. The Morgan fingerprint density at radius 3 is 2.45 bits per heavy atom. The minimum Gasteiger partial charge on any atom is -0.494 e. The summed E-state index contributed by atoms with van der Waals surface area (Å²) in [5, 5.41) is 0. The molecular weight excluding hydrogens is 431 g/mol. The molecule has 0 spiro atoms. The fourth-order valence-corrected chi connectivity index (χ4v) is 3.69. The van der Waals surface area contributed by atoms with Crippen molar-refractivity contribution in [3.8, 4) is 17.4 Å². The first-order valence-electron chi connectivity index (χ1n) is 10.7. The molecule has 0 bridgehead atoms. The molecule has 8 heteroatoms. The molecule has 1 fully saturated rings. The number of anilines is 1. The highest BCUT2D eigenvalue weighted by molar-refractivity contribution is 5.59. The second-order valence-corrected chi connectivity index (χ2v) is 7.66. The van der Waals surface area contributed by atoms with E-state index in [0.717, 1.165) is 49.4 Å². The third-order valence-electron chi connectivity index (χ3n) is 5.29. The number of hydrogen-bond donors (Lipinski definition) is 0. The van der Waals surface area contributed by atoms with E-state index in [-0.39, 0.29) is 5.88 Å². The van der Waals surface area contributed by atoms with E-state index < -0.39 is 11.7 Å². The van der Waals surface area contributed by atoms with Gasteiger partial charge in [0.15, 0.2) is 0 Å². The van der Waals surface area contributed by atoms with Crippen LogP contribution in [0.1, 0.15) is 30.9 Å². The molecule has 1 aromatic carbocycles. The molecule has 3 aromatic rings. The molecule has 5 nitrogen and oxygen atoms in total. The Morgan fingerprint density at radius 2 is 1.82 bits per heavy atom. The van der Waals surface area contributed by atoms with Crippen LogP contribution in [0.15, 0.2) is 66.6 Å². The molecule has 2 aromatic heterocycles. The number of hydrogen-bond acceptors (Lipinski definition) is 5. The van der Waals surface area contributed by atoms with Gasteiger partial charge in [-0.15, -0.1) is 0 Å². The van der Waals surface area contributed by atoms with Crippen LogP contribution in [0.5, 0.6) is 17.4 Å². The van der Waals surface area contributed by atoms with E-state index in [9.17, 15) is 13.2 Å². The number of ether oxygens (including phenoxy) is 2. The summed E-state index contributed by atoms with van der Waals surface area (Å²) >= 11 is 0. The van der Waals surface area contributed by atoms with Crippen molar-refractivity contribution in [1.82, 2.24) is 9.97 Å². The van der Waals surface area contributed by atoms with Crippen LogP contribution in [-0.4, -0.2) is 29.7 Å². The number of rotatable bonds is 6. The van der Waals surface area contributed by atoms with Crippen molar-refractivity contribution in [2.24, 2.45) is 0 Å². The van der Waals surface area contributed by atoms with Gasteiger partial charge in [0.1, 0.15) is 11.5 Å². The zero-order valence-corrected chi connectivity index (χ0v) is 18.2. The molecule has 1 saturated heterocycles. The first-order chi connectivity index (χ1) is 15.9. The van der Waals surface area contributed by atoms with Crippen molar-refractivity contribution in [3.05, 3.63) is 77.8 Å². The van der Waals surface area contributed by atoms with E-state index in [2.05, 4.69) is 27.0 Å². The van der Waals surface area contributed by atoms with Crippen LogP contribution in [0, 0.1) is 0 Å². The maximum atomic E-state index is 12.8. The van der Waals surface area contributed by atoms with Crippen molar-refractivity contribution in [1.29, 1.82) is 0 Å². The average molecular weight is 455 g/mol. The molecule has 33 heavy (non-hydrogen) atoms. The molecular formula is C25H24F3N3O2. The number of halogens is 3. The Kier molecular flexibility index (Phi) is 6.82. The number of piperidine rings is 1. The standard InChI is InChI=1S/C25H24F3N3O2/c1-2-32-22-13-19(12-18-7-10-31(11-8-18)21-4-3-9-29-17-21)14-23(15-22)33-24-6-5-20(16-30-24)25(26,27)28/h3-6,9,12-17H,2,7-8,10-11H2,1H3. The lowest BCUT2D eigenvalue weighted by atomic mass is 10.0. The minimum absolute atomic E-state index is 0.0834. The molecule has 1 aliphatic rings. The van der Waals surface area contributed by atoms with E-state index in [4.69, 9.17) is 9.47 Å². The van der Waals surface area contributed by atoms with Gasteiger partial charge in [-0.3, -0.25) is 4.98 Å². The lowest BCUT2D eigenvalue weighted by molar-refractivity contribution is -0.137. The van der Waals surface area contributed by atoms with Gasteiger partial charge in [0.05, 0.1) is 24.1 Å². The number of benzene rings is 1. The van der Waals surface area contributed by atoms with Gasteiger partial charge in [-0.1, -0.05) is 11.6 Å². The van der Waals surface area contributed by atoms with Gasteiger partial charge in [0, 0.05) is 37.6 Å². The molecule has 0 aliphatic carbocycles. The van der Waals surface area contributed by atoms with Crippen LogP contribution < -0.4 is 14.4 Å². The predicted octanol–water partition coefficient (Wildman–Crippen LogP) is 6.37. The maximum absolute atomic E-state index is 12.8. The average Bonchev–Trinajstić information content (AvgIpc) is 2.80. The van der Waals surface area contributed by atoms with E-state index >= 15 is 0 Å². The Balaban J connectivity index is 1.49. The van der Waals surface area contributed by atoms with Crippen LogP contribution in [0.2, 0.25) is 0 Å². The second kappa shape index (κ2) is 9.94. The highest BCUT2D eigenvalue weighted by Crippen LogP contribution is 2.32. The Hall–Kier alpha value is -3.55. The lowest BCUT2D eigenvalue weighted by Crippen LogP contribution is -2.30. The molecule has 1 aliphatic heterocycles. The monoisotopic (exact) mass is 455 g/mol. The predicted molar refractivity (Wildman–Crippen MR) is 121 cm³/mol. The molecule has 0 unspecified atom stereocenters. The fraction of sp³-hybridized carbons (Fsp3) is 0.280. The topological polar surface area (TPSA) is 47.5 Å². The Morgan fingerprint density at radius 1 is 1.03 bits per heavy atom. The smallest absolute Gasteiger partial charge is 0.417 e. The molecule has 3 heterocycles. The van der Waals surface area contributed by atoms with Gasteiger partial charge >= 0.3 is 6.18 Å². The summed E-state index contributed by atoms with van der Waals surface area (Å²) < 4.78 is 49.7. The van der Waals surface area contributed by atoms with E-state index in [1.165, 1.54) is 11.6 Å². The fourth-order valence-electron chi connectivity index (χ4n) is 3.69. The third kappa shape index (κ3) is 6.03. The molecule has 172 valence electrons. The molecule has 0 N–H and O–H groups in total. The Bertz CT molecular complexity index is 1090. The van der Waals surface area contributed by atoms with Crippen molar-refractivity contribution < 1.29 is 22.6 Å². The first kappa shape index (κ1) is 22.6. The summed E-state index contributed by atoms with van der Waals surface area (Å²) in [5.41, 5.74) is 2.52. The summed E-state index contributed by atoms with van der Waals surface area (Å²) in [6, 6.07) is 11.6. The lowest BCUT2D eigenvalue weighted by Gasteiger charge is -2.30. The van der Waals surface area contributed by atoms with Crippen LogP contribution in [-0.2, 0) is 6.18 Å². The van der Waals surface area contributed by atoms with Crippen molar-refractivity contribution in [2.75, 3.05) is 24.6 Å². The van der Waals surface area contributed by atoms with Gasteiger partial charge in [0.2, 0.25) is 5.88 Å². The van der Waals surface area contributed by atoms with Gasteiger partial charge in [-0.2, -0.15) is 13.2 Å². The molecule has 0 amide bonds. The third-order valence-corrected chi connectivity index (χ3v) is 5.29. The first-order valence-corrected chi connectivity index (χ1v) is 10.7. The quantitative estimate of drug-likeness (QED) is 0.432. The van der Waals surface area contributed by atoms with E-state index in [1.54, 1.807) is 12.3 Å². The second-order valence-electron chi connectivity index (χ2n) is 7.66. The zero-order chi connectivity index (χ0) is 23.3. The van der Waals surface area contributed by atoms with Gasteiger partial charge in [0.25, 0.3) is 0 Å². The van der Waals surface area contributed by atoms with Crippen molar-refractivity contribution >= 4 is 11.8 Å². The summed E-state index contributed by atoms with van der Waals surface area (Å²) in [5.74, 6) is 1.16. The highest BCUT2D eigenvalue weighted by atomic mass is 19.4. The van der Waals surface area contributed by atoms with E-state index in [0.29, 0.717) is 18.1 Å². The van der Waals surface area contributed by atoms with Crippen molar-refractivity contribution in [2.45, 2.75) is 25.9 Å². The molecule has 4 rings (SSSR count). The van der Waals surface area contributed by atoms with Crippen LogP contribution in [0.25, 0.3) is 6.08 Å². The minimum atomic E-state index is -4.44. The SMILES string of the molecule is CCOc1cc(C=C2CCN(c3cccnc3)CC2)cc(Oc2ccc(C(F)(F)F)cn2)c1. The van der Waals surface area contributed by atoms with Gasteiger partial charge in [-0.05, 0) is 55.7 Å². The number of pyridine rings is 2. The molecule has 0 saturated carbocycles. The number of nitrogens with zero attached hydrogens (tertiary/aromatic N) is 3. The van der Waals surface area contributed by atoms with E-state index in [1.807, 2.05) is 31.3 Å². The largest absolute Gasteiger partial charge is 0.494 e.